The van der Waals surface area contributed by atoms with Crippen molar-refractivity contribution in [2.75, 3.05) is 21.3 Å². The SMILES string of the molecule is COc1cc(OC)c(OC)c(C2(N=C=O)CCC2)c1F. The van der Waals surface area contributed by atoms with Gasteiger partial charge in [-0.1, -0.05) is 0 Å². The summed E-state index contributed by atoms with van der Waals surface area (Å²) in [7, 11) is 4.24. The van der Waals surface area contributed by atoms with Gasteiger partial charge in [0.2, 0.25) is 6.08 Å². The molecule has 0 unspecified atom stereocenters. The van der Waals surface area contributed by atoms with Crippen LogP contribution in [-0.4, -0.2) is 27.4 Å². The fourth-order valence-electron chi connectivity index (χ4n) is 2.53. The van der Waals surface area contributed by atoms with Crippen LogP contribution in [0.1, 0.15) is 24.8 Å². The molecular weight excluding hydrogens is 265 g/mol. The number of nitrogens with zero attached hydrogens (tertiary/aromatic N) is 1. The number of benzene rings is 1. The largest absolute Gasteiger partial charge is 0.494 e. The summed E-state index contributed by atoms with van der Waals surface area (Å²) in [4.78, 5) is 14.5. The lowest BCUT2D eigenvalue weighted by Gasteiger charge is -2.38. The molecule has 1 saturated carbocycles. The van der Waals surface area contributed by atoms with Gasteiger partial charge in [-0.15, -0.1) is 0 Å². The van der Waals surface area contributed by atoms with Crippen molar-refractivity contribution in [2.24, 2.45) is 4.99 Å². The molecule has 0 aromatic heterocycles. The maximum Gasteiger partial charge on any atom is 0.235 e. The van der Waals surface area contributed by atoms with Gasteiger partial charge in [0.1, 0.15) is 5.54 Å². The van der Waals surface area contributed by atoms with Crippen molar-refractivity contribution < 1.29 is 23.4 Å². The molecule has 0 bridgehead atoms. The number of rotatable bonds is 5. The minimum absolute atomic E-state index is 0.0324. The molecule has 108 valence electrons. The highest BCUT2D eigenvalue weighted by Gasteiger charge is 2.45. The maximum absolute atomic E-state index is 14.6. The molecule has 0 atom stereocenters. The number of halogens is 1. The van der Waals surface area contributed by atoms with E-state index in [1.165, 1.54) is 33.5 Å². The van der Waals surface area contributed by atoms with E-state index in [4.69, 9.17) is 14.2 Å². The van der Waals surface area contributed by atoms with Crippen molar-refractivity contribution in [3.63, 3.8) is 0 Å². The number of aliphatic imine (C=N–C) groups is 1. The Bertz CT molecular complexity index is 563. The van der Waals surface area contributed by atoms with Gasteiger partial charge in [-0.05, 0) is 19.3 Å². The fraction of sp³-hybridized carbons (Fsp3) is 0.500. The Hall–Kier alpha value is -2.07. The molecule has 0 N–H and O–H groups in total. The van der Waals surface area contributed by atoms with Crippen LogP contribution in [0, 0.1) is 5.82 Å². The van der Waals surface area contributed by atoms with Crippen molar-refractivity contribution in [3.05, 3.63) is 17.4 Å². The molecular formula is C14H16FNO4. The molecule has 0 spiro atoms. The predicted octanol–water partition coefficient (Wildman–Crippen LogP) is 2.57. The predicted molar refractivity (Wildman–Crippen MR) is 69.7 cm³/mol. The summed E-state index contributed by atoms with van der Waals surface area (Å²) in [6.45, 7) is 0. The molecule has 0 saturated heterocycles. The van der Waals surface area contributed by atoms with Crippen molar-refractivity contribution in [3.8, 4) is 17.2 Å². The summed E-state index contributed by atoms with van der Waals surface area (Å²) < 4.78 is 30.1. The van der Waals surface area contributed by atoms with Crippen molar-refractivity contribution >= 4 is 6.08 Å². The second kappa shape index (κ2) is 5.51. The van der Waals surface area contributed by atoms with E-state index in [-0.39, 0.29) is 17.1 Å². The first-order valence-electron chi connectivity index (χ1n) is 6.21. The zero-order valence-corrected chi connectivity index (χ0v) is 11.7. The zero-order valence-electron chi connectivity index (χ0n) is 11.7. The molecule has 1 fully saturated rings. The van der Waals surface area contributed by atoms with E-state index < -0.39 is 11.4 Å². The standard InChI is InChI=1S/C14H16FNO4/c1-18-9-7-10(19-2)13(20-3)11(12(9)15)14(16-8-17)5-4-6-14/h7H,4-6H2,1-3H3. The van der Waals surface area contributed by atoms with Gasteiger partial charge >= 0.3 is 0 Å². The minimum atomic E-state index is -0.932. The molecule has 0 heterocycles. The van der Waals surface area contributed by atoms with Crippen LogP contribution in [0.4, 0.5) is 4.39 Å². The van der Waals surface area contributed by atoms with Gasteiger partial charge in [-0.3, -0.25) is 0 Å². The lowest BCUT2D eigenvalue weighted by Crippen LogP contribution is -2.33. The van der Waals surface area contributed by atoms with E-state index >= 15 is 0 Å². The van der Waals surface area contributed by atoms with E-state index in [2.05, 4.69) is 4.99 Å². The molecule has 1 aliphatic carbocycles. The topological polar surface area (TPSA) is 57.1 Å². The van der Waals surface area contributed by atoms with Crippen LogP contribution in [0.2, 0.25) is 0 Å². The molecule has 20 heavy (non-hydrogen) atoms. The van der Waals surface area contributed by atoms with Crippen LogP contribution in [0.15, 0.2) is 11.1 Å². The number of isocyanates is 1. The average molecular weight is 281 g/mol. The Labute approximate surface area is 116 Å². The third kappa shape index (κ3) is 2.02. The van der Waals surface area contributed by atoms with Crippen LogP contribution in [0.5, 0.6) is 17.2 Å². The van der Waals surface area contributed by atoms with Gasteiger partial charge < -0.3 is 14.2 Å². The molecule has 1 aromatic carbocycles. The first kappa shape index (κ1) is 14.3. The van der Waals surface area contributed by atoms with E-state index in [9.17, 15) is 9.18 Å². The van der Waals surface area contributed by atoms with E-state index in [1.807, 2.05) is 0 Å². The number of carbonyl (C=O) groups excluding carboxylic acids is 1. The number of hydrogen-bond acceptors (Lipinski definition) is 5. The summed E-state index contributed by atoms with van der Waals surface area (Å²) in [6, 6.07) is 1.41. The van der Waals surface area contributed by atoms with Gasteiger partial charge in [0.05, 0.1) is 26.9 Å². The van der Waals surface area contributed by atoms with E-state index in [0.717, 1.165) is 6.42 Å². The van der Waals surface area contributed by atoms with Gasteiger partial charge in [0.25, 0.3) is 0 Å². The normalized spacial score (nSPS) is 15.8. The molecule has 1 aromatic rings. The molecule has 0 aliphatic heterocycles. The van der Waals surface area contributed by atoms with E-state index in [1.54, 1.807) is 0 Å². The first-order chi connectivity index (χ1) is 9.63. The van der Waals surface area contributed by atoms with Gasteiger partial charge in [0.15, 0.2) is 23.1 Å². The molecule has 5 nitrogen and oxygen atoms in total. The van der Waals surface area contributed by atoms with Gasteiger partial charge in [0, 0.05) is 6.07 Å². The van der Waals surface area contributed by atoms with Crippen LogP contribution in [-0.2, 0) is 10.3 Å². The number of hydrogen-bond donors (Lipinski definition) is 0. The summed E-state index contributed by atoms with van der Waals surface area (Å²) in [5.74, 6) is 0.0338. The van der Waals surface area contributed by atoms with Crippen LogP contribution >= 0.6 is 0 Å². The Kier molecular flexibility index (Phi) is 3.95. The van der Waals surface area contributed by atoms with Gasteiger partial charge in [-0.25, -0.2) is 9.18 Å². The fourth-order valence-corrected chi connectivity index (χ4v) is 2.53. The lowest BCUT2D eigenvalue weighted by atomic mass is 9.71. The summed E-state index contributed by atoms with van der Waals surface area (Å²) in [5, 5.41) is 0. The van der Waals surface area contributed by atoms with Crippen molar-refractivity contribution in [2.45, 2.75) is 24.8 Å². The van der Waals surface area contributed by atoms with Crippen molar-refractivity contribution in [1.82, 2.24) is 0 Å². The third-order valence-electron chi connectivity index (χ3n) is 3.70. The number of ether oxygens (including phenoxy) is 3. The summed E-state index contributed by atoms with van der Waals surface area (Å²) in [6.07, 6.45) is 3.51. The molecule has 6 heteroatoms. The Morgan fingerprint density at radius 3 is 2.25 bits per heavy atom. The van der Waals surface area contributed by atoms with E-state index in [0.29, 0.717) is 18.6 Å². The highest BCUT2D eigenvalue weighted by atomic mass is 19.1. The second-order valence-electron chi connectivity index (χ2n) is 4.59. The summed E-state index contributed by atoms with van der Waals surface area (Å²) in [5.41, 5.74) is -0.732. The first-order valence-corrected chi connectivity index (χ1v) is 6.21. The van der Waals surface area contributed by atoms with Crippen LogP contribution < -0.4 is 14.2 Å². The van der Waals surface area contributed by atoms with Crippen LogP contribution in [0.25, 0.3) is 0 Å². The Morgan fingerprint density at radius 1 is 1.20 bits per heavy atom. The Balaban J connectivity index is 2.74. The highest BCUT2D eigenvalue weighted by molar-refractivity contribution is 5.57. The Morgan fingerprint density at radius 2 is 1.85 bits per heavy atom. The smallest absolute Gasteiger partial charge is 0.235 e. The van der Waals surface area contributed by atoms with Crippen LogP contribution in [0.3, 0.4) is 0 Å². The summed E-state index contributed by atoms with van der Waals surface area (Å²) >= 11 is 0. The monoisotopic (exact) mass is 281 g/mol. The third-order valence-corrected chi connectivity index (χ3v) is 3.70. The molecule has 0 amide bonds. The quantitative estimate of drug-likeness (QED) is 0.615. The lowest BCUT2D eigenvalue weighted by molar-refractivity contribution is 0.229. The minimum Gasteiger partial charge on any atom is -0.494 e. The zero-order chi connectivity index (χ0) is 14.8. The maximum atomic E-state index is 14.6. The molecule has 0 radical (unpaired) electrons. The van der Waals surface area contributed by atoms with Gasteiger partial charge in [-0.2, -0.15) is 4.99 Å². The number of methoxy groups -OCH3 is 3. The average Bonchev–Trinajstić information content (AvgIpc) is 2.42. The highest BCUT2D eigenvalue weighted by Crippen LogP contribution is 2.53. The molecule has 1 aliphatic rings. The van der Waals surface area contributed by atoms with Crippen molar-refractivity contribution in [1.29, 1.82) is 0 Å². The second-order valence-corrected chi connectivity index (χ2v) is 4.59. The molecule has 2 rings (SSSR count).